The summed E-state index contributed by atoms with van der Waals surface area (Å²) in [4.78, 5) is 27.5. The van der Waals surface area contributed by atoms with Gasteiger partial charge < -0.3 is 9.72 Å². The zero-order valence-corrected chi connectivity index (χ0v) is 11.8. The van der Waals surface area contributed by atoms with Crippen molar-refractivity contribution in [3.8, 4) is 11.4 Å². The van der Waals surface area contributed by atoms with Crippen molar-refractivity contribution >= 4 is 22.5 Å². The standard InChI is InChI=1S/C15H11ClN2O3/c1-21-12-4-2-3-11-13(12)17-15(20)18(14(11)19)10-7-5-9(16)6-8-10/h2-8H,1H3,(H,17,20). The highest BCUT2D eigenvalue weighted by Crippen LogP contribution is 2.20. The number of nitrogens with one attached hydrogen (secondary N) is 1. The summed E-state index contributed by atoms with van der Waals surface area (Å²) in [6.07, 6.45) is 0. The molecular weight excluding hydrogens is 292 g/mol. The van der Waals surface area contributed by atoms with Gasteiger partial charge in [0.25, 0.3) is 5.56 Å². The van der Waals surface area contributed by atoms with Crippen LogP contribution in [0.2, 0.25) is 5.02 Å². The van der Waals surface area contributed by atoms with Gasteiger partial charge in [-0.05, 0) is 36.4 Å². The van der Waals surface area contributed by atoms with Gasteiger partial charge in [-0.25, -0.2) is 9.36 Å². The van der Waals surface area contributed by atoms with Crippen LogP contribution >= 0.6 is 11.6 Å². The minimum atomic E-state index is -0.528. The molecule has 0 aliphatic rings. The largest absolute Gasteiger partial charge is 0.495 e. The Morgan fingerprint density at radius 1 is 1.10 bits per heavy atom. The Morgan fingerprint density at radius 3 is 2.48 bits per heavy atom. The van der Waals surface area contributed by atoms with E-state index in [2.05, 4.69) is 4.98 Å². The highest BCUT2D eigenvalue weighted by atomic mass is 35.5. The highest BCUT2D eigenvalue weighted by molar-refractivity contribution is 6.30. The summed E-state index contributed by atoms with van der Waals surface area (Å²) in [6.45, 7) is 0. The summed E-state index contributed by atoms with van der Waals surface area (Å²) in [5.41, 5.74) is -0.0927. The van der Waals surface area contributed by atoms with Crippen LogP contribution in [0.4, 0.5) is 0 Å². The average Bonchev–Trinajstić information content (AvgIpc) is 2.48. The third kappa shape index (κ3) is 2.21. The first kappa shape index (κ1) is 13.5. The van der Waals surface area contributed by atoms with Crippen molar-refractivity contribution < 1.29 is 4.74 Å². The highest BCUT2D eigenvalue weighted by Gasteiger charge is 2.12. The van der Waals surface area contributed by atoms with Crippen molar-refractivity contribution in [3.63, 3.8) is 0 Å². The summed E-state index contributed by atoms with van der Waals surface area (Å²) < 4.78 is 6.23. The minimum absolute atomic E-state index is 0.379. The lowest BCUT2D eigenvalue weighted by Gasteiger charge is -2.08. The lowest BCUT2D eigenvalue weighted by Crippen LogP contribution is -2.33. The Kier molecular flexibility index (Phi) is 3.27. The fourth-order valence-electron chi connectivity index (χ4n) is 2.21. The normalized spacial score (nSPS) is 10.8. The van der Waals surface area contributed by atoms with E-state index >= 15 is 0 Å². The summed E-state index contributed by atoms with van der Waals surface area (Å²) in [7, 11) is 1.48. The maximum absolute atomic E-state index is 12.6. The van der Waals surface area contributed by atoms with Crippen LogP contribution in [-0.4, -0.2) is 16.7 Å². The fourth-order valence-corrected chi connectivity index (χ4v) is 2.33. The number of ether oxygens (including phenoxy) is 1. The molecule has 3 aromatic rings. The van der Waals surface area contributed by atoms with E-state index in [1.54, 1.807) is 42.5 Å². The molecule has 21 heavy (non-hydrogen) atoms. The molecule has 1 heterocycles. The number of benzene rings is 2. The Morgan fingerprint density at radius 2 is 1.81 bits per heavy atom. The number of para-hydroxylation sites is 1. The van der Waals surface area contributed by atoms with Crippen LogP contribution in [0, 0.1) is 0 Å². The number of halogens is 1. The second kappa shape index (κ2) is 5.10. The molecule has 0 unspecified atom stereocenters. The minimum Gasteiger partial charge on any atom is -0.495 e. The maximum atomic E-state index is 12.6. The van der Waals surface area contributed by atoms with Crippen molar-refractivity contribution in [1.29, 1.82) is 0 Å². The van der Waals surface area contributed by atoms with E-state index in [1.165, 1.54) is 7.11 Å². The van der Waals surface area contributed by atoms with Crippen molar-refractivity contribution in [3.05, 3.63) is 68.3 Å². The van der Waals surface area contributed by atoms with Crippen molar-refractivity contribution in [2.75, 3.05) is 7.11 Å². The number of fused-ring (bicyclic) bond motifs is 1. The number of hydrogen-bond acceptors (Lipinski definition) is 3. The fraction of sp³-hybridized carbons (Fsp3) is 0.0667. The zero-order chi connectivity index (χ0) is 15.0. The number of nitrogens with zero attached hydrogens (tertiary/aromatic N) is 1. The summed E-state index contributed by atoms with van der Waals surface area (Å²) >= 11 is 5.82. The molecule has 0 saturated carbocycles. The van der Waals surface area contributed by atoms with Gasteiger partial charge >= 0.3 is 5.69 Å². The van der Waals surface area contributed by atoms with Gasteiger partial charge in [-0.1, -0.05) is 17.7 Å². The van der Waals surface area contributed by atoms with Crippen LogP contribution < -0.4 is 16.0 Å². The molecule has 0 radical (unpaired) electrons. The van der Waals surface area contributed by atoms with Crippen LogP contribution in [0.1, 0.15) is 0 Å². The second-order valence-electron chi connectivity index (χ2n) is 4.43. The van der Waals surface area contributed by atoms with E-state index in [1.807, 2.05) is 0 Å². The molecule has 0 aliphatic carbocycles. The summed E-state index contributed by atoms with van der Waals surface area (Å²) in [5, 5.41) is 0.912. The van der Waals surface area contributed by atoms with Gasteiger partial charge in [0.2, 0.25) is 0 Å². The molecule has 0 atom stereocenters. The molecule has 0 saturated heterocycles. The predicted molar refractivity (Wildman–Crippen MR) is 81.7 cm³/mol. The summed E-state index contributed by atoms with van der Waals surface area (Å²) in [5.74, 6) is 0.449. The second-order valence-corrected chi connectivity index (χ2v) is 4.87. The van der Waals surface area contributed by atoms with Crippen LogP contribution in [0.15, 0.2) is 52.1 Å². The Hall–Kier alpha value is -2.53. The number of methoxy groups -OCH3 is 1. The molecule has 0 fully saturated rings. The number of hydrogen-bond donors (Lipinski definition) is 1. The topological polar surface area (TPSA) is 64.1 Å². The van der Waals surface area contributed by atoms with Gasteiger partial charge in [0, 0.05) is 5.02 Å². The smallest absolute Gasteiger partial charge is 0.333 e. The number of aromatic amines is 1. The Labute approximate surface area is 124 Å². The SMILES string of the molecule is COc1cccc2c(=O)n(-c3ccc(Cl)cc3)c(=O)[nH]c12. The van der Waals surface area contributed by atoms with E-state index in [-0.39, 0.29) is 0 Å². The zero-order valence-electron chi connectivity index (χ0n) is 11.1. The molecule has 0 spiro atoms. The van der Waals surface area contributed by atoms with Crippen molar-refractivity contribution in [2.24, 2.45) is 0 Å². The van der Waals surface area contributed by atoms with E-state index in [0.717, 1.165) is 4.57 Å². The van der Waals surface area contributed by atoms with Gasteiger partial charge in [-0.3, -0.25) is 4.79 Å². The molecule has 1 N–H and O–H groups in total. The van der Waals surface area contributed by atoms with Gasteiger partial charge in [-0.15, -0.1) is 0 Å². The monoisotopic (exact) mass is 302 g/mol. The van der Waals surface area contributed by atoms with E-state index in [0.29, 0.717) is 27.4 Å². The van der Waals surface area contributed by atoms with E-state index in [9.17, 15) is 9.59 Å². The number of aromatic nitrogens is 2. The molecule has 3 rings (SSSR count). The average molecular weight is 303 g/mol. The summed E-state index contributed by atoms with van der Waals surface area (Å²) in [6, 6.07) is 11.5. The molecule has 2 aromatic carbocycles. The maximum Gasteiger partial charge on any atom is 0.333 e. The first-order valence-corrected chi connectivity index (χ1v) is 6.57. The molecule has 6 heteroatoms. The molecular formula is C15H11ClN2O3. The predicted octanol–water partition coefficient (Wildman–Crippen LogP) is 2.34. The van der Waals surface area contributed by atoms with Crippen molar-refractivity contribution in [1.82, 2.24) is 9.55 Å². The third-order valence-electron chi connectivity index (χ3n) is 3.20. The van der Waals surface area contributed by atoms with Crippen LogP contribution in [0.5, 0.6) is 5.75 Å². The third-order valence-corrected chi connectivity index (χ3v) is 3.45. The lowest BCUT2D eigenvalue weighted by molar-refractivity contribution is 0.418. The Balaban J connectivity index is 2.38. The number of H-pyrrole nitrogens is 1. The van der Waals surface area contributed by atoms with Crippen molar-refractivity contribution in [2.45, 2.75) is 0 Å². The van der Waals surface area contributed by atoms with E-state index in [4.69, 9.17) is 16.3 Å². The molecule has 1 aromatic heterocycles. The molecule has 0 bridgehead atoms. The molecule has 0 aliphatic heterocycles. The molecule has 106 valence electrons. The van der Waals surface area contributed by atoms with Gasteiger partial charge in [0.05, 0.1) is 23.7 Å². The number of rotatable bonds is 2. The molecule has 0 amide bonds. The quantitative estimate of drug-likeness (QED) is 0.790. The van der Waals surface area contributed by atoms with Gasteiger partial charge in [0.15, 0.2) is 0 Å². The molecule has 5 nitrogen and oxygen atoms in total. The lowest BCUT2D eigenvalue weighted by atomic mass is 10.2. The first-order chi connectivity index (χ1) is 10.1. The Bertz CT molecular complexity index is 926. The first-order valence-electron chi connectivity index (χ1n) is 6.20. The van der Waals surface area contributed by atoms with Gasteiger partial charge in [-0.2, -0.15) is 0 Å². The van der Waals surface area contributed by atoms with Crippen LogP contribution in [0.25, 0.3) is 16.6 Å². The van der Waals surface area contributed by atoms with Crippen LogP contribution in [0.3, 0.4) is 0 Å². The van der Waals surface area contributed by atoms with Gasteiger partial charge in [0.1, 0.15) is 5.75 Å². The van der Waals surface area contributed by atoms with Crippen LogP contribution in [-0.2, 0) is 0 Å². The van der Waals surface area contributed by atoms with E-state index < -0.39 is 11.2 Å².